The number of nitrogens with zero attached hydrogens (tertiary/aromatic N) is 1. The van der Waals surface area contributed by atoms with E-state index in [1.54, 1.807) is 27.9 Å². The Morgan fingerprint density at radius 3 is 2.58 bits per heavy atom. The number of rotatable bonds is 4. The summed E-state index contributed by atoms with van der Waals surface area (Å²) in [7, 11) is 1.59. The molecule has 2 aliphatic heterocycles. The topological polar surface area (TPSA) is 148 Å². The molecule has 38 heavy (non-hydrogen) atoms. The fourth-order valence-electron chi connectivity index (χ4n) is 5.58. The largest absolute Gasteiger partial charge is 0.392 e. The first-order chi connectivity index (χ1) is 17.7. The van der Waals surface area contributed by atoms with Gasteiger partial charge in [-0.2, -0.15) is 0 Å². The van der Waals surface area contributed by atoms with Gasteiger partial charge < -0.3 is 35.3 Å². The summed E-state index contributed by atoms with van der Waals surface area (Å²) in [5.74, 6) is -1.01. The van der Waals surface area contributed by atoms with Crippen molar-refractivity contribution < 1.29 is 34.3 Å². The number of epoxide rings is 1. The molecule has 0 spiro atoms. The van der Waals surface area contributed by atoms with Crippen molar-refractivity contribution in [3.05, 3.63) is 21.7 Å². The van der Waals surface area contributed by atoms with Gasteiger partial charge in [-0.1, -0.05) is 34.1 Å². The average molecular weight is 555 g/mol. The summed E-state index contributed by atoms with van der Waals surface area (Å²) in [5.41, 5.74) is 5.60. The molecule has 2 fully saturated rings. The van der Waals surface area contributed by atoms with Crippen LogP contribution in [0.15, 0.2) is 11.0 Å². The standard InChI is InChI=1S/C28H46N2O7S/c1-15-9-8-10-28(6)26(37-28)24(35-7)23(16(2)11-18-14-38-20(13-29)30-18)36-21(32)12-19(31)27(4,5)25(34)17(3)22(15)33/h11,14-15,17,19,21-24,26,31-33H,8-10,12-13,29H2,1-7H3. The van der Waals surface area contributed by atoms with Gasteiger partial charge in [0.2, 0.25) is 0 Å². The zero-order valence-corrected chi connectivity index (χ0v) is 24.5. The number of thiazole rings is 1. The van der Waals surface area contributed by atoms with Crippen molar-refractivity contribution >= 4 is 23.2 Å². The monoisotopic (exact) mass is 554 g/mol. The van der Waals surface area contributed by atoms with Gasteiger partial charge in [0.25, 0.3) is 0 Å². The zero-order chi connectivity index (χ0) is 28.4. The lowest BCUT2D eigenvalue weighted by Crippen LogP contribution is -2.47. The number of fused-ring (bicyclic) bond motifs is 1. The van der Waals surface area contributed by atoms with Crippen molar-refractivity contribution in [3.63, 3.8) is 0 Å². The summed E-state index contributed by atoms with van der Waals surface area (Å²) in [6, 6.07) is 0. The molecule has 1 aromatic rings. The van der Waals surface area contributed by atoms with Gasteiger partial charge in [0.05, 0.1) is 23.5 Å². The van der Waals surface area contributed by atoms with Crippen LogP contribution in [0.2, 0.25) is 0 Å². The van der Waals surface area contributed by atoms with Gasteiger partial charge in [0.15, 0.2) is 6.29 Å². The number of methoxy groups -OCH3 is 1. The number of aromatic nitrogens is 1. The number of aliphatic hydroxyl groups excluding tert-OH is 3. The number of ketones is 1. The molecule has 2 aliphatic rings. The lowest BCUT2D eigenvalue weighted by Gasteiger charge is -2.36. The molecule has 2 saturated heterocycles. The normalized spacial score (nSPS) is 39.6. The van der Waals surface area contributed by atoms with E-state index in [2.05, 4.69) is 4.98 Å². The van der Waals surface area contributed by atoms with E-state index >= 15 is 0 Å². The van der Waals surface area contributed by atoms with Crippen LogP contribution in [-0.2, 0) is 25.5 Å². The number of hydrogen-bond acceptors (Lipinski definition) is 10. The zero-order valence-electron chi connectivity index (χ0n) is 23.7. The van der Waals surface area contributed by atoms with Gasteiger partial charge in [-0.15, -0.1) is 11.3 Å². The Kier molecular flexibility index (Phi) is 10.3. The average Bonchev–Trinajstić information content (AvgIpc) is 3.30. The molecule has 0 aromatic carbocycles. The predicted molar refractivity (Wildman–Crippen MR) is 146 cm³/mol. The first kappa shape index (κ1) is 31.3. The van der Waals surface area contributed by atoms with Crippen molar-refractivity contribution in [1.29, 1.82) is 0 Å². The number of Topliss-reactive ketones (excluding diaryl/α,β-unsaturated/α-hetero) is 1. The van der Waals surface area contributed by atoms with Crippen LogP contribution < -0.4 is 5.73 Å². The number of aliphatic hydroxyl groups is 3. The minimum absolute atomic E-state index is 0.0998. The molecule has 5 N–H and O–H groups in total. The lowest BCUT2D eigenvalue weighted by atomic mass is 9.73. The van der Waals surface area contributed by atoms with Crippen LogP contribution in [0.4, 0.5) is 0 Å². The highest BCUT2D eigenvalue weighted by molar-refractivity contribution is 7.09. The number of carbonyl (C=O) groups excluding carboxylic acids is 1. The van der Waals surface area contributed by atoms with Crippen LogP contribution in [0, 0.1) is 17.3 Å². The second kappa shape index (κ2) is 12.5. The van der Waals surface area contributed by atoms with Crippen molar-refractivity contribution in [1.82, 2.24) is 4.98 Å². The van der Waals surface area contributed by atoms with Crippen LogP contribution >= 0.6 is 11.3 Å². The molecular weight excluding hydrogens is 508 g/mol. The highest BCUT2D eigenvalue weighted by atomic mass is 32.1. The van der Waals surface area contributed by atoms with Gasteiger partial charge in [0.1, 0.15) is 29.1 Å². The van der Waals surface area contributed by atoms with Crippen LogP contribution in [0.1, 0.15) is 77.9 Å². The molecule has 0 aliphatic carbocycles. The SMILES string of the molecule is COC1C(C(C)=Cc2csc(CN)n2)OC(O)CC(O)C(C)(C)C(=O)C(C)C(O)C(C)CCCC2(C)OC12. The summed E-state index contributed by atoms with van der Waals surface area (Å²) >= 11 is 1.47. The maximum absolute atomic E-state index is 13.3. The third-order valence-corrected chi connectivity index (χ3v) is 9.31. The van der Waals surface area contributed by atoms with Crippen LogP contribution in [0.3, 0.4) is 0 Å². The molecule has 0 amide bonds. The molecule has 3 heterocycles. The lowest BCUT2D eigenvalue weighted by molar-refractivity contribution is -0.181. The Bertz CT molecular complexity index is 982. The highest BCUT2D eigenvalue weighted by Gasteiger charge is 2.58. The van der Waals surface area contributed by atoms with E-state index in [1.807, 2.05) is 32.2 Å². The van der Waals surface area contributed by atoms with Crippen LogP contribution in [0.5, 0.6) is 0 Å². The Labute approximate surface area is 230 Å². The first-order valence-electron chi connectivity index (χ1n) is 13.5. The van der Waals surface area contributed by atoms with E-state index in [1.165, 1.54) is 11.3 Å². The Balaban J connectivity index is 1.94. The van der Waals surface area contributed by atoms with E-state index in [-0.39, 0.29) is 24.2 Å². The van der Waals surface area contributed by atoms with Gasteiger partial charge in [-0.25, -0.2) is 4.98 Å². The molecule has 9 atom stereocenters. The Morgan fingerprint density at radius 2 is 1.97 bits per heavy atom. The molecule has 216 valence electrons. The minimum Gasteiger partial charge on any atom is -0.392 e. The second-order valence-electron chi connectivity index (χ2n) is 11.8. The molecule has 9 unspecified atom stereocenters. The molecule has 9 nitrogen and oxygen atoms in total. The van der Waals surface area contributed by atoms with Gasteiger partial charge >= 0.3 is 0 Å². The van der Waals surface area contributed by atoms with E-state index in [0.717, 1.165) is 35.5 Å². The summed E-state index contributed by atoms with van der Waals surface area (Å²) in [6.45, 7) is 11.2. The third kappa shape index (κ3) is 6.90. The van der Waals surface area contributed by atoms with Gasteiger partial charge in [0, 0.05) is 36.8 Å². The smallest absolute Gasteiger partial charge is 0.157 e. The second-order valence-corrected chi connectivity index (χ2v) is 12.8. The van der Waals surface area contributed by atoms with Crippen molar-refractivity contribution in [2.24, 2.45) is 23.0 Å². The number of hydrogen-bond donors (Lipinski definition) is 4. The van der Waals surface area contributed by atoms with E-state index in [9.17, 15) is 20.1 Å². The maximum atomic E-state index is 13.3. The fourth-order valence-corrected chi connectivity index (χ4v) is 6.21. The van der Waals surface area contributed by atoms with Crippen molar-refractivity contribution in [2.45, 2.75) is 116 Å². The number of ether oxygens (including phenoxy) is 3. The van der Waals surface area contributed by atoms with Crippen molar-refractivity contribution in [2.75, 3.05) is 7.11 Å². The van der Waals surface area contributed by atoms with Crippen LogP contribution in [0.25, 0.3) is 6.08 Å². The molecular formula is C28H46N2O7S. The molecule has 1 aromatic heterocycles. The quantitative estimate of drug-likeness (QED) is 0.412. The number of nitrogens with two attached hydrogens (primary N) is 1. The summed E-state index contributed by atoms with van der Waals surface area (Å²) < 4.78 is 18.2. The fraction of sp³-hybridized carbons (Fsp3) is 0.786. The summed E-state index contributed by atoms with van der Waals surface area (Å²) in [5, 5.41) is 35.6. The van der Waals surface area contributed by atoms with Crippen molar-refractivity contribution in [3.8, 4) is 0 Å². The summed E-state index contributed by atoms with van der Waals surface area (Å²) in [6.07, 6.45) is -0.903. The Morgan fingerprint density at radius 1 is 1.29 bits per heavy atom. The first-order valence-corrected chi connectivity index (χ1v) is 14.4. The van der Waals surface area contributed by atoms with E-state index in [4.69, 9.17) is 19.9 Å². The van der Waals surface area contributed by atoms with Crippen LogP contribution in [-0.4, -0.2) is 75.6 Å². The highest BCUT2D eigenvalue weighted by Crippen LogP contribution is 2.46. The minimum atomic E-state index is -1.38. The molecule has 10 heteroatoms. The predicted octanol–water partition coefficient (Wildman–Crippen LogP) is 3.04. The Hall–Kier alpha value is -1.24. The molecule has 3 rings (SSSR count). The maximum Gasteiger partial charge on any atom is 0.157 e. The third-order valence-electron chi connectivity index (χ3n) is 8.42. The van der Waals surface area contributed by atoms with E-state index in [0.29, 0.717) is 6.54 Å². The van der Waals surface area contributed by atoms with Gasteiger partial charge in [-0.3, -0.25) is 4.79 Å². The van der Waals surface area contributed by atoms with E-state index < -0.39 is 47.6 Å². The summed E-state index contributed by atoms with van der Waals surface area (Å²) in [4.78, 5) is 17.8. The molecule has 0 radical (unpaired) electrons. The molecule has 0 saturated carbocycles. The number of carbonyl (C=O) groups is 1. The molecule has 0 bridgehead atoms. The van der Waals surface area contributed by atoms with Gasteiger partial charge in [-0.05, 0) is 44.3 Å².